The number of hydrogen-bond donors (Lipinski definition) is 1. The SMILES string of the molecule is COc1ccc(COC(=O)C2=C(COC(=O)c3cccc(C(=O)OCc4ccc(OC)cc4)n3)CS(=O)(=O)[C@@H]3[C@H](NC(=O)Cc4ccccc4)C(=O)N23)cc1. The van der Waals surface area contributed by atoms with Crippen LogP contribution in [0.15, 0.2) is 108 Å². The Balaban J connectivity index is 1.19. The van der Waals surface area contributed by atoms with E-state index in [4.69, 9.17) is 23.7 Å². The Bertz CT molecular complexity index is 2240. The molecule has 15 nitrogen and oxygen atoms in total. The Morgan fingerprint density at radius 2 is 1.22 bits per heavy atom. The molecule has 3 aromatic carbocycles. The van der Waals surface area contributed by atoms with E-state index < -0.39 is 69.0 Å². The normalized spacial score (nSPS) is 16.9. The third-order valence-electron chi connectivity index (χ3n) is 8.68. The fraction of sp³-hybridized carbons (Fsp3) is 0.231. The second-order valence-corrected chi connectivity index (χ2v) is 14.5. The number of benzene rings is 3. The average molecular weight is 770 g/mol. The molecule has 55 heavy (non-hydrogen) atoms. The largest absolute Gasteiger partial charge is 0.497 e. The summed E-state index contributed by atoms with van der Waals surface area (Å²) in [5, 5.41) is 0.883. The number of methoxy groups -OCH3 is 2. The minimum absolute atomic E-state index is 0.0765. The Hall–Kier alpha value is -6.55. The van der Waals surface area contributed by atoms with E-state index in [0.29, 0.717) is 28.2 Å². The van der Waals surface area contributed by atoms with Crippen LogP contribution in [-0.4, -0.2) is 86.0 Å². The maximum atomic E-state index is 13.7. The summed E-state index contributed by atoms with van der Waals surface area (Å²) < 4.78 is 53.8. The zero-order chi connectivity index (χ0) is 39.1. The predicted octanol–water partition coefficient (Wildman–Crippen LogP) is 2.93. The van der Waals surface area contributed by atoms with Gasteiger partial charge in [-0.3, -0.25) is 14.5 Å². The van der Waals surface area contributed by atoms with Gasteiger partial charge in [0.1, 0.15) is 54.4 Å². The van der Waals surface area contributed by atoms with E-state index in [1.165, 1.54) is 32.4 Å². The van der Waals surface area contributed by atoms with E-state index >= 15 is 0 Å². The number of hydrogen-bond acceptors (Lipinski definition) is 13. The number of sulfone groups is 1. The van der Waals surface area contributed by atoms with Gasteiger partial charge in [-0.1, -0.05) is 60.7 Å². The molecule has 16 heteroatoms. The molecule has 1 aromatic heterocycles. The van der Waals surface area contributed by atoms with Crippen molar-refractivity contribution in [1.29, 1.82) is 0 Å². The fourth-order valence-corrected chi connectivity index (χ4v) is 7.91. The molecular weight excluding hydrogens is 735 g/mol. The van der Waals surface area contributed by atoms with Crippen LogP contribution in [0.3, 0.4) is 0 Å². The third kappa shape index (κ3) is 8.81. The van der Waals surface area contributed by atoms with E-state index in [1.54, 1.807) is 78.9 Å². The number of ether oxygens (including phenoxy) is 5. The Kier molecular flexibility index (Phi) is 11.5. The lowest BCUT2D eigenvalue weighted by Crippen LogP contribution is -2.75. The van der Waals surface area contributed by atoms with Crippen molar-refractivity contribution in [3.8, 4) is 11.5 Å². The minimum Gasteiger partial charge on any atom is -0.497 e. The Labute approximate surface area is 315 Å². The molecule has 1 saturated heterocycles. The molecule has 1 N–H and O–H groups in total. The van der Waals surface area contributed by atoms with Crippen LogP contribution in [0.2, 0.25) is 0 Å². The number of carbonyl (C=O) groups excluding carboxylic acids is 5. The highest BCUT2D eigenvalue weighted by Crippen LogP contribution is 2.37. The molecule has 0 unspecified atom stereocenters. The van der Waals surface area contributed by atoms with E-state index in [-0.39, 0.29) is 36.6 Å². The summed E-state index contributed by atoms with van der Waals surface area (Å²) >= 11 is 0. The molecule has 0 bridgehead atoms. The number of pyridine rings is 1. The van der Waals surface area contributed by atoms with Gasteiger partial charge in [0, 0.05) is 5.57 Å². The summed E-state index contributed by atoms with van der Waals surface area (Å²) in [5.74, 6) is -3.97. The first-order chi connectivity index (χ1) is 26.5. The highest BCUT2D eigenvalue weighted by Gasteiger charge is 2.60. The summed E-state index contributed by atoms with van der Waals surface area (Å²) in [6.45, 7) is -1.07. The third-order valence-corrected chi connectivity index (χ3v) is 10.7. The topological polar surface area (TPSA) is 194 Å². The number of aromatic nitrogens is 1. The number of esters is 3. The molecule has 2 atom stereocenters. The lowest BCUT2D eigenvalue weighted by atomic mass is 10.0. The van der Waals surface area contributed by atoms with Gasteiger partial charge in [0.05, 0.1) is 26.4 Å². The Morgan fingerprint density at radius 1 is 0.691 bits per heavy atom. The lowest BCUT2D eigenvalue weighted by molar-refractivity contribution is -0.153. The zero-order valence-electron chi connectivity index (χ0n) is 29.6. The predicted molar refractivity (Wildman–Crippen MR) is 193 cm³/mol. The van der Waals surface area contributed by atoms with Crippen LogP contribution in [0.1, 0.15) is 37.7 Å². The molecule has 1 fully saturated rings. The molecule has 0 spiro atoms. The molecule has 2 aliphatic rings. The molecule has 4 aromatic rings. The van der Waals surface area contributed by atoms with Crippen molar-refractivity contribution in [1.82, 2.24) is 15.2 Å². The average Bonchev–Trinajstić information content (AvgIpc) is 3.20. The quantitative estimate of drug-likeness (QED) is 0.112. The minimum atomic E-state index is -4.24. The molecular formula is C39H35N3O12S. The van der Waals surface area contributed by atoms with Crippen LogP contribution in [0.25, 0.3) is 0 Å². The maximum Gasteiger partial charge on any atom is 0.357 e. The zero-order valence-corrected chi connectivity index (χ0v) is 30.4. The first-order valence-electron chi connectivity index (χ1n) is 16.8. The number of β-lactam (4-membered cyclic amide) rings is 1. The van der Waals surface area contributed by atoms with Gasteiger partial charge in [-0.2, -0.15) is 0 Å². The summed E-state index contributed by atoms with van der Waals surface area (Å²) in [4.78, 5) is 70.8. The van der Waals surface area contributed by atoms with Gasteiger partial charge in [0.25, 0.3) is 5.91 Å². The molecule has 6 rings (SSSR count). The van der Waals surface area contributed by atoms with Crippen molar-refractivity contribution >= 4 is 39.6 Å². The molecule has 0 radical (unpaired) electrons. The number of nitrogens with zero attached hydrogens (tertiary/aromatic N) is 2. The lowest BCUT2D eigenvalue weighted by Gasteiger charge is -2.49. The number of amides is 2. The van der Waals surface area contributed by atoms with Crippen molar-refractivity contribution in [2.45, 2.75) is 31.1 Å². The van der Waals surface area contributed by atoms with Gasteiger partial charge in [0.2, 0.25) is 5.91 Å². The Morgan fingerprint density at radius 3 is 1.76 bits per heavy atom. The molecule has 0 saturated carbocycles. The monoisotopic (exact) mass is 769 g/mol. The molecule has 284 valence electrons. The second kappa shape index (κ2) is 16.6. The standard InChI is InChI=1S/C39H35N3O12S/c1-50-28-15-11-25(12-16-28)20-52-37(45)30-9-6-10-31(40-30)38(46)54-22-27-23-55(48,49)36-33(41-32(43)19-24-7-4-3-5-8-24)35(44)42(36)34(27)39(47)53-21-26-13-17-29(51-2)18-14-26/h3-18,33,36H,19-23H2,1-2H3,(H,41,43)/t33-,36-/m1/s1. The second-order valence-electron chi connectivity index (χ2n) is 12.4. The maximum absolute atomic E-state index is 13.7. The van der Waals surface area contributed by atoms with Gasteiger partial charge < -0.3 is 29.0 Å². The van der Waals surface area contributed by atoms with Crippen LogP contribution in [-0.2, 0) is 58.1 Å². The van der Waals surface area contributed by atoms with Gasteiger partial charge in [-0.15, -0.1) is 0 Å². The van der Waals surface area contributed by atoms with Gasteiger partial charge >= 0.3 is 17.9 Å². The fourth-order valence-electron chi connectivity index (χ4n) is 5.90. The van der Waals surface area contributed by atoms with E-state index in [9.17, 15) is 32.4 Å². The van der Waals surface area contributed by atoms with Crippen LogP contribution in [0.5, 0.6) is 11.5 Å². The number of rotatable bonds is 14. The first kappa shape index (κ1) is 38.2. The smallest absolute Gasteiger partial charge is 0.357 e. The summed E-state index contributed by atoms with van der Waals surface area (Å²) in [6.07, 6.45) is -0.110. The van der Waals surface area contributed by atoms with Crippen LogP contribution in [0.4, 0.5) is 0 Å². The number of fused-ring (bicyclic) bond motifs is 1. The molecule has 2 amide bonds. The van der Waals surface area contributed by atoms with Gasteiger partial charge in [-0.25, -0.2) is 27.8 Å². The first-order valence-corrected chi connectivity index (χ1v) is 18.5. The summed E-state index contributed by atoms with van der Waals surface area (Å²) in [5.41, 5.74) is 0.734. The van der Waals surface area contributed by atoms with E-state index in [0.717, 1.165) is 4.90 Å². The van der Waals surface area contributed by atoms with Crippen LogP contribution in [0, 0.1) is 0 Å². The number of nitrogens with one attached hydrogen (secondary N) is 1. The van der Waals surface area contributed by atoms with Crippen LogP contribution < -0.4 is 14.8 Å². The van der Waals surface area contributed by atoms with Gasteiger partial charge in [-0.05, 0) is 53.1 Å². The summed E-state index contributed by atoms with van der Waals surface area (Å²) in [7, 11) is -1.22. The molecule has 2 aliphatic heterocycles. The van der Waals surface area contributed by atoms with Gasteiger partial charge in [0.15, 0.2) is 15.2 Å². The van der Waals surface area contributed by atoms with Crippen molar-refractivity contribution in [3.05, 3.63) is 136 Å². The highest BCUT2D eigenvalue weighted by atomic mass is 32.2. The van der Waals surface area contributed by atoms with E-state index in [2.05, 4.69) is 10.3 Å². The van der Waals surface area contributed by atoms with Crippen molar-refractivity contribution < 1.29 is 56.1 Å². The van der Waals surface area contributed by atoms with Crippen molar-refractivity contribution in [2.75, 3.05) is 26.6 Å². The highest BCUT2D eigenvalue weighted by molar-refractivity contribution is 7.92. The van der Waals surface area contributed by atoms with Crippen molar-refractivity contribution in [2.24, 2.45) is 0 Å². The van der Waals surface area contributed by atoms with E-state index in [1.807, 2.05) is 0 Å². The van der Waals surface area contributed by atoms with Crippen LogP contribution >= 0.6 is 0 Å². The molecule has 3 heterocycles. The number of carbonyl (C=O) groups is 5. The summed E-state index contributed by atoms with van der Waals surface area (Å²) in [6, 6.07) is 24.7. The molecule has 0 aliphatic carbocycles. The van der Waals surface area contributed by atoms with Crippen molar-refractivity contribution in [3.63, 3.8) is 0 Å².